The highest BCUT2D eigenvalue weighted by Crippen LogP contribution is 2.34. The zero-order chi connectivity index (χ0) is 30.4. The average molecular weight is 608 g/mol. The van der Waals surface area contributed by atoms with Gasteiger partial charge >= 0.3 is 12.2 Å². The van der Waals surface area contributed by atoms with E-state index in [-0.39, 0.29) is 42.0 Å². The van der Waals surface area contributed by atoms with Gasteiger partial charge in [-0.15, -0.1) is 0 Å². The lowest BCUT2D eigenvalue weighted by atomic mass is 9.97. The fourth-order valence-corrected chi connectivity index (χ4v) is 5.97. The first-order chi connectivity index (χ1) is 20.7. The van der Waals surface area contributed by atoms with Crippen LogP contribution in [0.15, 0.2) is 30.3 Å². The van der Waals surface area contributed by atoms with E-state index in [4.69, 9.17) is 18.9 Å². The minimum atomic E-state index is -4.37. The first kappa shape index (κ1) is 31.4. The van der Waals surface area contributed by atoms with Crippen molar-refractivity contribution in [2.75, 3.05) is 52.4 Å². The second-order valence-corrected chi connectivity index (χ2v) is 11.3. The Labute approximate surface area is 249 Å². The Bertz CT molecular complexity index is 1210. The second-order valence-electron chi connectivity index (χ2n) is 11.3. The van der Waals surface area contributed by atoms with Gasteiger partial charge in [-0.1, -0.05) is 12.1 Å². The van der Waals surface area contributed by atoms with Crippen LogP contribution in [0.5, 0.6) is 6.01 Å². The zero-order valence-corrected chi connectivity index (χ0v) is 24.6. The van der Waals surface area contributed by atoms with Crippen molar-refractivity contribution in [2.24, 2.45) is 0 Å². The number of likely N-dealkylation sites (tertiary alicyclic amines) is 1. The van der Waals surface area contributed by atoms with Crippen LogP contribution in [0, 0.1) is 0 Å². The van der Waals surface area contributed by atoms with Crippen LogP contribution in [0.1, 0.15) is 66.2 Å². The SMILES string of the molecule is COc1nc(NCC2CCCC(c3ccc(C(F)(F)F)cc3)O2)cc(C(=O)N2CCC(NC3CCOCC3OC)CC2)n1. The highest BCUT2D eigenvalue weighted by molar-refractivity contribution is 5.93. The number of carbonyl (C=O) groups excluding carboxylic acids is 1. The summed E-state index contributed by atoms with van der Waals surface area (Å²) in [5.74, 6) is 0.261. The Morgan fingerprint density at radius 3 is 2.53 bits per heavy atom. The molecule has 3 saturated heterocycles. The average Bonchev–Trinajstić information content (AvgIpc) is 3.03. The second kappa shape index (κ2) is 14.2. The van der Waals surface area contributed by atoms with E-state index in [0.717, 1.165) is 56.2 Å². The number of nitrogens with one attached hydrogen (secondary N) is 2. The lowest BCUT2D eigenvalue weighted by molar-refractivity contribution is -0.137. The number of anilines is 1. The molecule has 4 heterocycles. The molecule has 1 amide bonds. The van der Waals surface area contributed by atoms with Crippen molar-refractivity contribution in [3.63, 3.8) is 0 Å². The summed E-state index contributed by atoms with van der Waals surface area (Å²) < 4.78 is 61.4. The van der Waals surface area contributed by atoms with Gasteiger partial charge in [-0.2, -0.15) is 23.1 Å². The van der Waals surface area contributed by atoms with Crippen LogP contribution in [0.4, 0.5) is 19.0 Å². The fraction of sp³-hybridized carbons (Fsp3) is 0.633. The molecule has 2 N–H and O–H groups in total. The van der Waals surface area contributed by atoms with Gasteiger partial charge in [0.1, 0.15) is 11.5 Å². The quantitative estimate of drug-likeness (QED) is 0.433. The molecule has 2 aromatic rings. The molecule has 3 aliphatic rings. The molecule has 0 spiro atoms. The van der Waals surface area contributed by atoms with Gasteiger partial charge in [-0.25, -0.2) is 0 Å². The first-order valence-corrected chi connectivity index (χ1v) is 14.9. The summed E-state index contributed by atoms with van der Waals surface area (Å²) in [5, 5.41) is 6.94. The minimum Gasteiger partial charge on any atom is -0.467 e. The van der Waals surface area contributed by atoms with Crippen molar-refractivity contribution in [1.82, 2.24) is 20.2 Å². The zero-order valence-electron chi connectivity index (χ0n) is 24.6. The van der Waals surface area contributed by atoms with Crippen molar-refractivity contribution in [1.29, 1.82) is 0 Å². The molecule has 0 bridgehead atoms. The third-order valence-corrected chi connectivity index (χ3v) is 8.42. The van der Waals surface area contributed by atoms with Gasteiger partial charge in [0.15, 0.2) is 0 Å². The van der Waals surface area contributed by atoms with Crippen LogP contribution in [0.2, 0.25) is 0 Å². The molecule has 1 aromatic heterocycles. The third-order valence-electron chi connectivity index (χ3n) is 8.42. The predicted octanol–water partition coefficient (Wildman–Crippen LogP) is 4.22. The number of hydrogen-bond donors (Lipinski definition) is 2. The fourth-order valence-electron chi connectivity index (χ4n) is 5.97. The maximum absolute atomic E-state index is 13.4. The maximum Gasteiger partial charge on any atom is 0.416 e. The van der Waals surface area contributed by atoms with E-state index in [2.05, 4.69) is 20.6 Å². The van der Waals surface area contributed by atoms with Crippen LogP contribution in [0.3, 0.4) is 0 Å². The highest BCUT2D eigenvalue weighted by atomic mass is 19.4. The van der Waals surface area contributed by atoms with Crippen molar-refractivity contribution in [2.45, 2.75) is 75.1 Å². The van der Waals surface area contributed by atoms with Crippen LogP contribution < -0.4 is 15.4 Å². The van der Waals surface area contributed by atoms with Gasteiger partial charge in [0.25, 0.3) is 5.91 Å². The summed E-state index contributed by atoms with van der Waals surface area (Å²) in [7, 11) is 3.16. The van der Waals surface area contributed by atoms with Crippen LogP contribution >= 0.6 is 0 Å². The molecule has 4 atom stereocenters. The molecular weight excluding hydrogens is 567 g/mol. The van der Waals surface area contributed by atoms with Crippen LogP contribution in [-0.4, -0.2) is 92.1 Å². The summed E-state index contributed by atoms with van der Waals surface area (Å²) in [5.41, 5.74) is 0.293. The maximum atomic E-state index is 13.4. The molecule has 43 heavy (non-hydrogen) atoms. The van der Waals surface area contributed by atoms with E-state index >= 15 is 0 Å². The summed E-state index contributed by atoms with van der Waals surface area (Å²) in [6.07, 6.45) is 0.140. The smallest absolute Gasteiger partial charge is 0.416 e. The Morgan fingerprint density at radius 2 is 1.84 bits per heavy atom. The van der Waals surface area contributed by atoms with Gasteiger partial charge in [-0.05, 0) is 56.2 Å². The number of piperidine rings is 1. The van der Waals surface area contributed by atoms with Crippen LogP contribution in [0.25, 0.3) is 0 Å². The van der Waals surface area contributed by atoms with Crippen molar-refractivity contribution in [3.8, 4) is 6.01 Å². The van der Waals surface area contributed by atoms with E-state index in [1.54, 1.807) is 18.1 Å². The summed E-state index contributed by atoms with van der Waals surface area (Å²) in [6, 6.07) is 7.39. The number of carbonyl (C=O) groups is 1. The minimum absolute atomic E-state index is 0.0301. The molecule has 5 rings (SSSR count). The van der Waals surface area contributed by atoms with E-state index < -0.39 is 11.7 Å². The van der Waals surface area contributed by atoms with Gasteiger partial charge in [0, 0.05) is 51.5 Å². The lowest BCUT2D eigenvalue weighted by Gasteiger charge is -2.38. The van der Waals surface area contributed by atoms with Crippen molar-refractivity contribution < 1.29 is 36.9 Å². The van der Waals surface area contributed by atoms with Gasteiger partial charge in [0.2, 0.25) is 0 Å². The highest BCUT2D eigenvalue weighted by Gasteiger charge is 2.32. The van der Waals surface area contributed by atoms with Crippen LogP contribution in [-0.2, 0) is 20.4 Å². The summed E-state index contributed by atoms with van der Waals surface area (Å²) >= 11 is 0. The van der Waals surface area contributed by atoms with Gasteiger partial charge < -0.3 is 34.5 Å². The molecule has 1 aromatic carbocycles. The van der Waals surface area contributed by atoms with E-state index in [1.807, 2.05) is 0 Å². The molecule has 0 aliphatic carbocycles. The molecule has 236 valence electrons. The largest absolute Gasteiger partial charge is 0.467 e. The number of aromatic nitrogens is 2. The number of rotatable bonds is 9. The molecular formula is C30H40F3N5O5. The lowest BCUT2D eigenvalue weighted by Crippen LogP contribution is -2.54. The number of nitrogens with zero attached hydrogens (tertiary/aromatic N) is 3. The van der Waals surface area contributed by atoms with Crippen molar-refractivity contribution in [3.05, 3.63) is 47.2 Å². The Kier molecular flexibility index (Phi) is 10.4. The Morgan fingerprint density at radius 1 is 1.07 bits per heavy atom. The monoisotopic (exact) mass is 607 g/mol. The van der Waals surface area contributed by atoms with Gasteiger partial charge in [-0.3, -0.25) is 4.79 Å². The standard InChI is InChI=1S/C30H40F3N5O5/c1-40-26-18-42-15-12-23(26)35-21-10-13-38(14-11-21)28(39)24-16-27(37-29(36-24)41-2)34-17-22-4-3-5-25(43-22)19-6-8-20(9-7-19)30(31,32)33/h6-9,16,21-23,25-26,35H,3-5,10-15,17-18H2,1-2H3,(H,34,36,37). The summed E-state index contributed by atoms with van der Waals surface area (Å²) in [4.78, 5) is 23.9. The number of amides is 1. The van der Waals surface area contributed by atoms with E-state index in [0.29, 0.717) is 44.7 Å². The third kappa shape index (κ3) is 8.14. The molecule has 0 saturated carbocycles. The molecule has 13 heteroatoms. The normalized spacial score (nSPS) is 25.4. The number of ether oxygens (including phenoxy) is 4. The topological polar surface area (TPSA) is 107 Å². The molecule has 3 aliphatic heterocycles. The molecule has 0 radical (unpaired) electrons. The number of halogens is 3. The summed E-state index contributed by atoms with van der Waals surface area (Å²) in [6.45, 7) is 2.93. The number of hydrogen-bond acceptors (Lipinski definition) is 9. The Balaban J connectivity index is 1.15. The molecule has 10 nitrogen and oxygen atoms in total. The number of benzene rings is 1. The Hall–Kier alpha value is -3.00. The van der Waals surface area contributed by atoms with Gasteiger partial charge in [0.05, 0.1) is 37.6 Å². The van der Waals surface area contributed by atoms with E-state index in [9.17, 15) is 18.0 Å². The first-order valence-electron chi connectivity index (χ1n) is 14.9. The predicted molar refractivity (Wildman–Crippen MR) is 152 cm³/mol. The molecule has 3 fully saturated rings. The van der Waals surface area contributed by atoms with E-state index in [1.165, 1.54) is 19.2 Å². The number of methoxy groups -OCH3 is 2. The number of alkyl halides is 3. The van der Waals surface area contributed by atoms with Crippen molar-refractivity contribution >= 4 is 11.7 Å². The molecule has 4 unspecified atom stereocenters.